The molecule has 0 spiro atoms. The van der Waals surface area contributed by atoms with Gasteiger partial charge in [-0.15, -0.1) is 11.8 Å². The molecule has 1 heterocycles. The number of hydrogen-bond donors (Lipinski definition) is 0. The van der Waals surface area contributed by atoms with Crippen LogP contribution in [0.3, 0.4) is 0 Å². The first-order chi connectivity index (χ1) is 12.3. The number of nitrogens with zero attached hydrogens (tertiary/aromatic N) is 4. The van der Waals surface area contributed by atoms with Crippen LogP contribution in [0, 0.1) is 11.3 Å². The van der Waals surface area contributed by atoms with Crippen LogP contribution in [0.25, 0.3) is 0 Å². The molecule has 3 aromatic rings. The fourth-order valence-electron chi connectivity index (χ4n) is 2.67. The molecule has 0 N–H and O–H groups in total. The second kappa shape index (κ2) is 8.32. The van der Waals surface area contributed by atoms with Gasteiger partial charge in [0.05, 0.1) is 0 Å². The molecule has 0 aliphatic heterocycles. The molecule has 124 valence electrons. The van der Waals surface area contributed by atoms with Crippen molar-refractivity contribution in [2.75, 3.05) is 11.2 Å². The van der Waals surface area contributed by atoms with Crippen molar-refractivity contribution >= 4 is 17.6 Å². The standard InChI is InChI=1S/C20H18N4S/c1-25-20-18(12-21)19(22-15-23-20)24(13-16-8-4-2-5-9-16)14-17-10-6-3-7-11-17/h2-11,15H,13-14H2,1H3. The lowest BCUT2D eigenvalue weighted by atomic mass is 10.1. The molecule has 1 aromatic heterocycles. The summed E-state index contributed by atoms with van der Waals surface area (Å²) >= 11 is 1.46. The van der Waals surface area contributed by atoms with Crippen molar-refractivity contribution in [3.05, 3.63) is 83.7 Å². The average Bonchev–Trinajstić information content (AvgIpc) is 2.68. The van der Waals surface area contributed by atoms with E-state index < -0.39 is 0 Å². The maximum Gasteiger partial charge on any atom is 0.151 e. The predicted molar refractivity (Wildman–Crippen MR) is 101 cm³/mol. The van der Waals surface area contributed by atoms with E-state index in [0.717, 1.165) is 0 Å². The minimum Gasteiger partial charge on any atom is -0.347 e. The van der Waals surface area contributed by atoms with Gasteiger partial charge in [-0.25, -0.2) is 9.97 Å². The van der Waals surface area contributed by atoms with Crippen LogP contribution in [0.4, 0.5) is 5.82 Å². The number of thioether (sulfide) groups is 1. The molecule has 0 saturated carbocycles. The summed E-state index contributed by atoms with van der Waals surface area (Å²) in [7, 11) is 0. The molecule has 4 nitrogen and oxygen atoms in total. The van der Waals surface area contributed by atoms with Crippen LogP contribution in [-0.4, -0.2) is 16.2 Å². The van der Waals surface area contributed by atoms with Crippen molar-refractivity contribution in [1.29, 1.82) is 5.26 Å². The first-order valence-electron chi connectivity index (χ1n) is 7.93. The molecule has 0 saturated heterocycles. The van der Waals surface area contributed by atoms with E-state index in [4.69, 9.17) is 0 Å². The first-order valence-corrected chi connectivity index (χ1v) is 9.16. The number of nitriles is 1. The SMILES string of the molecule is CSc1ncnc(N(Cc2ccccc2)Cc2ccccc2)c1C#N. The second-order valence-electron chi connectivity index (χ2n) is 5.52. The maximum atomic E-state index is 9.64. The topological polar surface area (TPSA) is 52.8 Å². The van der Waals surface area contributed by atoms with Crippen LogP contribution in [0.15, 0.2) is 72.0 Å². The van der Waals surface area contributed by atoms with E-state index in [0.29, 0.717) is 29.5 Å². The van der Waals surface area contributed by atoms with Gasteiger partial charge in [-0.2, -0.15) is 5.26 Å². The zero-order valence-corrected chi connectivity index (χ0v) is 14.8. The summed E-state index contributed by atoms with van der Waals surface area (Å²) in [4.78, 5) is 10.8. The van der Waals surface area contributed by atoms with Crippen molar-refractivity contribution in [1.82, 2.24) is 9.97 Å². The van der Waals surface area contributed by atoms with Crippen LogP contribution in [0.1, 0.15) is 16.7 Å². The van der Waals surface area contributed by atoms with E-state index >= 15 is 0 Å². The van der Waals surface area contributed by atoms with Gasteiger partial charge in [0.2, 0.25) is 0 Å². The maximum absolute atomic E-state index is 9.64. The Balaban J connectivity index is 2.00. The van der Waals surface area contributed by atoms with Gasteiger partial charge >= 0.3 is 0 Å². The summed E-state index contributed by atoms with van der Waals surface area (Å²) in [5.74, 6) is 0.676. The normalized spacial score (nSPS) is 10.2. The predicted octanol–water partition coefficient (Wildman–Crippen LogP) is 4.28. The number of aromatic nitrogens is 2. The Labute approximate surface area is 152 Å². The van der Waals surface area contributed by atoms with E-state index in [2.05, 4.69) is 45.2 Å². The van der Waals surface area contributed by atoms with Crippen molar-refractivity contribution in [2.24, 2.45) is 0 Å². The molecule has 2 aromatic carbocycles. The molecular formula is C20H18N4S. The van der Waals surface area contributed by atoms with Gasteiger partial charge in [0, 0.05) is 13.1 Å². The number of benzene rings is 2. The van der Waals surface area contributed by atoms with E-state index in [-0.39, 0.29) is 0 Å². The van der Waals surface area contributed by atoms with Crippen LogP contribution in [-0.2, 0) is 13.1 Å². The lowest BCUT2D eigenvalue weighted by Gasteiger charge is -2.25. The Bertz CT molecular complexity index is 818. The van der Waals surface area contributed by atoms with Crippen molar-refractivity contribution in [3.63, 3.8) is 0 Å². The Morgan fingerprint density at radius 3 is 1.96 bits per heavy atom. The third-order valence-electron chi connectivity index (χ3n) is 3.83. The van der Waals surface area contributed by atoms with Crippen LogP contribution >= 0.6 is 11.8 Å². The smallest absolute Gasteiger partial charge is 0.151 e. The fourth-order valence-corrected chi connectivity index (χ4v) is 3.16. The largest absolute Gasteiger partial charge is 0.347 e. The highest BCUT2D eigenvalue weighted by molar-refractivity contribution is 7.98. The van der Waals surface area contributed by atoms with Crippen LogP contribution < -0.4 is 4.90 Å². The highest BCUT2D eigenvalue weighted by atomic mass is 32.2. The molecule has 3 rings (SSSR count). The summed E-state index contributed by atoms with van der Waals surface area (Å²) in [5, 5.41) is 10.3. The number of rotatable bonds is 6. The summed E-state index contributed by atoms with van der Waals surface area (Å²) in [6, 6.07) is 22.7. The zero-order valence-electron chi connectivity index (χ0n) is 14.0. The molecule has 0 fully saturated rings. The second-order valence-corrected chi connectivity index (χ2v) is 6.32. The lowest BCUT2D eigenvalue weighted by molar-refractivity contribution is 0.772. The first kappa shape index (κ1) is 17.0. The summed E-state index contributed by atoms with van der Waals surface area (Å²) in [5.41, 5.74) is 2.88. The summed E-state index contributed by atoms with van der Waals surface area (Å²) < 4.78 is 0. The average molecular weight is 346 g/mol. The highest BCUT2D eigenvalue weighted by Gasteiger charge is 2.18. The summed E-state index contributed by atoms with van der Waals surface area (Å²) in [6.45, 7) is 1.35. The number of hydrogen-bond acceptors (Lipinski definition) is 5. The van der Waals surface area contributed by atoms with Gasteiger partial charge in [-0.05, 0) is 17.4 Å². The van der Waals surface area contributed by atoms with Crippen molar-refractivity contribution in [3.8, 4) is 6.07 Å². The van der Waals surface area contributed by atoms with Gasteiger partial charge in [0.25, 0.3) is 0 Å². The number of anilines is 1. The Kier molecular flexibility index (Phi) is 5.65. The third-order valence-corrected chi connectivity index (χ3v) is 4.53. The molecule has 25 heavy (non-hydrogen) atoms. The molecule has 5 heteroatoms. The van der Waals surface area contributed by atoms with Crippen molar-refractivity contribution < 1.29 is 0 Å². The minimum atomic E-state index is 0.530. The molecule has 0 aliphatic carbocycles. The molecule has 0 bridgehead atoms. The van der Waals surface area contributed by atoms with Crippen molar-refractivity contribution in [2.45, 2.75) is 18.1 Å². The molecule has 0 atom stereocenters. The highest BCUT2D eigenvalue weighted by Crippen LogP contribution is 2.27. The molecule has 0 radical (unpaired) electrons. The van der Waals surface area contributed by atoms with Gasteiger partial charge in [-0.1, -0.05) is 60.7 Å². The zero-order chi connectivity index (χ0) is 17.5. The van der Waals surface area contributed by atoms with Crippen LogP contribution in [0.5, 0.6) is 0 Å². The molecular weight excluding hydrogens is 328 g/mol. The van der Waals surface area contributed by atoms with Gasteiger partial charge < -0.3 is 4.90 Å². The Morgan fingerprint density at radius 1 is 0.920 bits per heavy atom. The minimum absolute atomic E-state index is 0.530. The van der Waals surface area contributed by atoms with Gasteiger partial charge in [0.1, 0.15) is 23.0 Å². The fraction of sp³-hybridized carbons (Fsp3) is 0.150. The van der Waals surface area contributed by atoms with Crippen LogP contribution in [0.2, 0.25) is 0 Å². The van der Waals surface area contributed by atoms with E-state index in [1.54, 1.807) is 0 Å². The van der Waals surface area contributed by atoms with Gasteiger partial charge in [0.15, 0.2) is 5.82 Å². The third kappa shape index (κ3) is 4.17. The molecule has 0 aliphatic rings. The molecule has 0 amide bonds. The van der Waals surface area contributed by atoms with E-state index in [1.807, 2.05) is 42.7 Å². The lowest BCUT2D eigenvalue weighted by Crippen LogP contribution is -2.24. The monoisotopic (exact) mass is 346 g/mol. The summed E-state index contributed by atoms with van der Waals surface area (Å²) in [6.07, 6.45) is 3.46. The van der Waals surface area contributed by atoms with E-state index in [9.17, 15) is 5.26 Å². The Morgan fingerprint density at radius 2 is 1.48 bits per heavy atom. The van der Waals surface area contributed by atoms with Gasteiger partial charge in [-0.3, -0.25) is 0 Å². The Hall–Kier alpha value is -2.84. The quantitative estimate of drug-likeness (QED) is 0.493. The molecule has 0 unspecified atom stereocenters. The van der Waals surface area contributed by atoms with E-state index in [1.165, 1.54) is 29.2 Å².